The quantitative estimate of drug-likeness (QED) is 0.640. The number of hydrogen-bond acceptors (Lipinski definition) is 2. The van der Waals surface area contributed by atoms with Crippen LogP contribution < -0.4 is 5.32 Å². The smallest absolute Gasteiger partial charge is 0.243 e. The zero-order valence-corrected chi connectivity index (χ0v) is 7.75. The molecule has 2 aliphatic rings. The van der Waals surface area contributed by atoms with Crippen molar-refractivity contribution in [3.63, 3.8) is 0 Å². The summed E-state index contributed by atoms with van der Waals surface area (Å²) in [6, 6.07) is -0.175. The van der Waals surface area contributed by atoms with Crippen LogP contribution >= 0.6 is 0 Å². The molecule has 1 unspecified atom stereocenters. The zero-order valence-electron chi connectivity index (χ0n) is 7.75. The molecule has 1 saturated carbocycles. The Bertz CT molecular complexity index is 248. The molecular weight excluding hydrogens is 168 g/mol. The molecule has 2 fully saturated rings. The minimum Gasteiger partial charge on any atom is -0.345 e. The van der Waals surface area contributed by atoms with Gasteiger partial charge >= 0.3 is 0 Å². The van der Waals surface area contributed by atoms with Gasteiger partial charge in [0.15, 0.2) is 0 Å². The second kappa shape index (κ2) is 3.01. The first kappa shape index (κ1) is 8.53. The average Bonchev–Trinajstić information content (AvgIpc) is 2.91. The average molecular weight is 182 g/mol. The molecule has 0 bridgehead atoms. The van der Waals surface area contributed by atoms with Crippen LogP contribution in [0.15, 0.2) is 0 Å². The van der Waals surface area contributed by atoms with Crippen LogP contribution in [0.2, 0.25) is 0 Å². The Kier molecular flexibility index (Phi) is 1.98. The number of rotatable bonds is 2. The molecule has 1 saturated heterocycles. The highest BCUT2D eigenvalue weighted by atomic mass is 16.2. The van der Waals surface area contributed by atoms with Gasteiger partial charge in [0.05, 0.1) is 6.54 Å². The number of nitrogens with zero attached hydrogens (tertiary/aromatic N) is 1. The largest absolute Gasteiger partial charge is 0.345 e. The van der Waals surface area contributed by atoms with E-state index >= 15 is 0 Å². The molecule has 1 aliphatic heterocycles. The number of carbonyl (C=O) groups excluding carboxylic acids is 2. The molecule has 0 aromatic heterocycles. The molecule has 0 aromatic carbocycles. The van der Waals surface area contributed by atoms with Crippen molar-refractivity contribution in [2.75, 3.05) is 13.1 Å². The highest BCUT2D eigenvalue weighted by molar-refractivity contribution is 5.95. The van der Waals surface area contributed by atoms with Gasteiger partial charge in [0.1, 0.15) is 6.04 Å². The van der Waals surface area contributed by atoms with Gasteiger partial charge in [-0.3, -0.25) is 9.59 Å². The summed E-state index contributed by atoms with van der Waals surface area (Å²) < 4.78 is 0. The molecule has 1 aliphatic carbocycles. The fourth-order valence-corrected chi connectivity index (χ4v) is 1.92. The van der Waals surface area contributed by atoms with E-state index in [1.807, 2.05) is 6.92 Å². The highest BCUT2D eigenvalue weighted by Crippen LogP contribution is 2.36. The molecule has 0 radical (unpaired) electrons. The lowest BCUT2D eigenvalue weighted by Crippen LogP contribution is -2.59. The Morgan fingerprint density at radius 1 is 1.46 bits per heavy atom. The van der Waals surface area contributed by atoms with Gasteiger partial charge in [-0.25, -0.2) is 0 Å². The van der Waals surface area contributed by atoms with Crippen molar-refractivity contribution in [1.82, 2.24) is 10.2 Å². The molecule has 72 valence electrons. The van der Waals surface area contributed by atoms with Gasteiger partial charge < -0.3 is 10.2 Å². The van der Waals surface area contributed by atoms with Gasteiger partial charge in [-0.2, -0.15) is 0 Å². The van der Waals surface area contributed by atoms with Gasteiger partial charge in [-0.1, -0.05) is 0 Å². The van der Waals surface area contributed by atoms with Crippen LogP contribution in [0.1, 0.15) is 19.8 Å². The fourth-order valence-electron chi connectivity index (χ4n) is 1.92. The topological polar surface area (TPSA) is 49.4 Å². The third-order valence-electron chi connectivity index (χ3n) is 2.75. The van der Waals surface area contributed by atoms with E-state index in [-0.39, 0.29) is 24.4 Å². The van der Waals surface area contributed by atoms with E-state index in [1.165, 1.54) is 0 Å². The predicted octanol–water partition coefficient (Wildman–Crippen LogP) is -0.257. The molecule has 13 heavy (non-hydrogen) atoms. The lowest BCUT2D eigenvalue weighted by atomic mass is 10.1. The second-order valence-corrected chi connectivity index (χ2v) is 3.68. The summed E-state index contributed by atoms with van der Waals surface area (Å²) in [5.74, 6) is 0.507. The first-order valence-corrected chi connectivity index (χ1v) is 4.81. The number of likely N-dealkylation sites (N-methyl/N-ethyl adjacent to an activating group) is 1. The summed E-state index contributed by atoms with van der Waals surface area (Å²) in [6.45, 7) is 2.75. The van der Waals surface area contributed by atoms with E-state index < -0.39 is 0 Å². The van der Waals surface area contributed by atoms with E-state index in [9.17, 15) is 9.59 Å². The maximum absolute atomic E-state index is 11.5. The van der Waals surface area contributed by atoms with Crippen molar-refractivity contribution < 1.29 is 9.59 Å². The third-order valence-corrected chi connectivity index (χ3v) is 2.75. The summed E-state index contributed by atoms with van der Waals surface area (Å²) in [5, 5.41) is 2.64. The van der Waals surface area contributed by atoms with Crippen molar-refractivity contribution in [2.45, 2.75) is 25.8 Å². The minimum absolute atomic E-state index is 0.0314. The maximum Gasteiger partial charge on any atom is 0.243 e. The summed E-state index contributed by atoms with van der Waals surface area (Å²) in [7, 11) is 0. The molecule has 1 heterocycles. The van der Waals surface area contributed by atoms with Crippen molar-refractivity contribution in [1.29, 1.82) is 0 Å². The number of amides is 2. The number of nitrogens with one attached hydrogen (secondary N) is 1. The first-order valence-electron chi connectivity index (χ1n) is 4.81. The molecule has 1 N–H and O–H groups in total. The summed E-state index contributed by atoms with van der Waals surface area (Å²) in [5.41, 5.74) is 0. The second-order valence-electron chi connectivity index (χ2n) is 3.68. The minimum atomic E-state index is -0.175. The van der Waals surface area contributed by atoms with Crippen LogP contribution in [-0.4, -0.2) is 35.8 Å². The Hall–Kier alpha value is -1.06. The standard InChI is InChI=1S/C9H14N2O2/c1-2-11-7(12)5-10-9(13)8(11)6-3-4-6/h6,8H,2-5H2,1H3,(H,10,13). The van der Waals surface area contributed by atoms with Gasteiger partial charge in [0, 0.05) is 6.54 Å². The SMILES string of the molecule is CCN1C(=O)CNC(=O)C1C1CC1. The van der Waals surface area contributed by atoms with Crippen LogP contribution in [0.3, 0.4) is 0 Å². The maximum atomic E-state index is 11.5. The summed E-state index contributed by atoms with van der Waals surface area (Å²) in [6.07, 6.45) is 2.17. The van der Waals surface area contributed by atoms with Crippen LogP contribution in [0, 0.1) is 5.92 Å². The zero-order chi connectivity index (χ0) is 9.42. The molecule has 1 atom stereocenters. The molecule has 0 aromatic rings. The molecule has 0 spiro atoms. The van der Waals surface area contributed by atoms with E-state index in [1.54, 1.807) is 4.90 Å². The molecular formula is C9H14N2O2. The summed E-state index contributed by atoms with van der Waals surface area (Å²) in [4.78, 5) is 24.6. The normalized spacial score (nSPS) is 29.0. The molecule has 2 amide bonds. The van der Waals surface area contributed by atoms with E-state index in [2.05, 4.69) is 5.32 Å². The van der Waals surface area contributed by atoms with Crippen LogP contribution in [0.5, 0.6) is 0 Å². The van der Waals surface area contributed by atoms with Gasteiger partial charge in [0.2, 0.25) is 11.8 Å². The lowest BCUT2D eigenvalue weighted by Gasteiger charge is -2.34. The Labute approximate surface area is 77.3 Å². The van der Waals surface area contributed by atoms with E-state index in [4.69, 9.17) is 0 Å². The Morgan fingerprint density at radius 2 is 2.15 bits per heavy atom. The van der Waals surface area contributed by atoms with Crippen LogP contribution in [0.4, 0.5) is 0 Å². The van der Waals surface area contributed by atoms with Crippen LogP contribution in [-0.2, 0) is 9.59 Å². The molecule has 4 heteroatoms. The third kappa shape index (κ3) is 1.41. The Morgan fingerprint density at radius 3 is 2.69 bits per heavy atom. The van der Waals surface area contributed by atoms with Crippen molar-refractivity contribution >= 4 is 11.8 Å². The number of piperazine rings is 1. The van der Waals surface area contributed by atoms with Crippen LogP contribution in [0.25, 0.3) is 0 Å². The van der Waals surface area contributed by atoms with Gasteiger partial charge in [-0.05, 0) is 25.7 Å². The van der Waals surface area contributed by atoms with Crippen molar-refractivity contribution in [2.24, 2.45) is 5.92 Å². The van der Waals surface area contributed by atoms with Crippen molar-refractivity contribution in [3.8, 4) is 0 Å². The Balaban J connectivity index is 2.15. The predicted molar refractivity (Wildman–Crippen MR) is 46.9 cm³/mol. The lowest BCUT2D eigenvalue weighted by molar-refractivity contribution is -0.146. The molecule has 2 rings (SSSR count). The number of carbonyl (C=O) groups is 2. The summed E-state index contributed by atoms with van der Waals surface area (Å²) >= 11 is 0. The van der Waals surface area contributed by atoms with E-state index in [0.717, 1.165) is 12.8 Å². The van der Waals surface area contributed by atoms with Gasteiger partial charge in [-0.15, -0.1) is 0 Å². The monoisotopic (exact) mass is 182 g/mol. The van der Waals surface area contributed by atoms with Gasteiger partial charge in [0.25, 0.3) is 0 Å². The highest BCUT2D eigenvalue weighted by Gasteiger charge is 2.43. The first-order chi connectivity index (χ1) is 6.24. The molecule has 4 nitrogen and oxygen atoms in total. The van der Waals surface area contributed by atoms with Crippen molar-refractivity contribution in [3.05, 3.63) is 0 Å². The number of hydrogen-bond donors (Lipinski definition) is 1. The fraction of sp³-hybridized carbons (Fsp3) is 0.778. The van der Waals surface area contributed by atoms with E-state index in [0.29, 0.717) is 12.5 Å².